The maximum absolute atomic E-state index is 12.8. The molecule has 0 bridgehead atoms. The number of aliphatic hydroxyl groups excluding tert-OH is 5. The van der Waals surface area contributed by atoms with Gasteiger partial charge >= 0.3 is 19.8 Å². The van der Waals surface area contributed by atoms with Gasteiger partial charge in [0.1, 0.15) is 43.2 Å². The highest BCUT2D eigenvalue weighted by atomic mass is 31.2. The van der Waals surface area contributed by atoms with Crippen molar-refractivity contribution in [1.29, 1.82) is 0 Å². The Morgan fingerprint density at radius 2 is 0.881 bits per heavy atom. The lowest BCUT2D eigenvalue weighted by Crippen LogP contribution is -2.64. The molecule has 0 aliphatic heterocycles. The number of hydrogen-bond acceptors (Lipinski definition) is 12. The van der Waals surface area contributed by atoms with Crippen LogP contribution in [0.4, 0.5) is 0 Å². The molecule has 1 saturated carbocycles. The third-order valence-corrected chi connectivity index (χ3v) is 11.3. The summed E-state index contributed by atoms with van der Waals surface area (Å²) in [7, 11) is -5.16. The second-order valence-electron chi connectivity index (χ2n) is 16.2. The normalized spacial score (nSPS) is 22.2. The summed E-state index contributed by atoms with van der Waals surface area (Å²) in [5.74, 6) is -1.25. The Bertz CT molecular complexity index is 1630. The molecule has 6 N–H and O–H groups in total. The first-order valence-corrected chi connectivity index (χ1v) is 25.8. The predicted molar refractivity (Wildman–Crippen MR) is 267 cm³/mol. The highest BCUT2D eigenvalue weighted by molar-refractivity contribution is 7.47. The number of rotatable bonds is 38. The monoisotopic (exact) mass is 959 g/mol. The Balaban J connectivity index is 2.53. The van der Waals surface area contributed by atoms with Crippen molar-refractivity contribution in [2.24, 2.45) is 0 Å². The maximum Gasteiger partial charge on any atom is 0.472 e. The molecule has 14 heteroatoms. The summed E-state index contributed by atoms with van der Waals surface area (Å²) in [5.41, 5.74) is 0. The first-order valence-electron chi connectivity index (χ1n) is 24.3. The highest BCUT2D eigenvalue weighted by Crippen LogP contribution is 2.47. The van der Waals surface area contributed by atoms with Crippen molar-refractivity contribution in [3.63, 3.8) is 0 Å². The molecular formula is C53H83O13P. The fourth-order valence-corrected chi connectivity index (χ4v) is 7.38. The van der Waals surface area contributed by atoms with Crippen LogP contribution < -0.4 is 0 Å². The van der Waals surface area contributed by atoms with Gasteiger partial charge in [0.05, 0.1) is 6.61 Å². The quantitative estimate of drug-likeness (QED) is 0.0148. The zero-order valence-corrected chi connectivity index (χ0v) is 41.0. The number of phosphoric acid groups is 1. The molecule has 0 aromatic carbocycles. The van der Waals surface area contributed by atoms with Crippen LogP contribution in [0.1, 0.15) is 142 Å². The fraction of sp³-hybridized carbons (Fsp3) is 0.585. The molecule has 0 aromatic rings. The summed E-state index contributed by atoms with van der Waals surface area (Å²) >= 11 is 0. The van der Waals surface area contributed by atoms with E-state index < -0.39 is 75.7 Å². The molecule has 0 aromatic heterocycles. The lowest BCUT2D eigenvalue weighted by Gasteiger charge is -2.41. The highest BCUT2D eigenvalue weighted by Gasteiger charge is 2.51. The van der Waals surface area contributed by atoms with Crippen molar-refractivity contribution in [2.75, 3.05) is 13.2 Å². The smallest absolute Gasteiger partial charge is 0.462 e. The second kappa shape index (κ2) is 41.2. The average molecular weight is 959 g/mol. The van der Waals surface area contributed by atoms with Crippen LogP contribution in [0.3, 0.4) is 0 Å². The number of carbonyl (C=O) groups excluding carboxylic acids is 2. The third kappa shape index (κ3) is 33.4. The lowest BCUT2D eigenvalue weighted by molar-refractivity contribution is -0.220. The number of ether oxygens (including phenoxy) is 2. The first-order chi connectivity index (χ1) is 32.4. The van der Waals surface area contributed by atoms with Gasteiger partial charge in [-0.1, -0.05) is 155 Å². The minimum atomic E-state index is -5.16. The van der Waals surface area contributed by atoms with E-state index >= 15 is 0 Å². The van der Waals surface area contributed by atoms with Crippen LogP contribution in [-0.4, -0.2) is 98.3 Å². The number of carbonyl (C=O) groups is 2. The molecule has 1 aliphatic carbocycles. The van der Waals surface area contributed by atoms with E-state index in [1.54, 1.807) is 0 Å². The van der Waals surface area contributed by atoms with Gasteiger partial charge in [0.2, 0.25) is 0 Å². The topological polar surface area (TPSA) is 210 Å². The van der Waals surface area contributed by atoms with Gasteiger partial charge in [0.25, 0.3) is 0 Å². The van der Waals surface area contributed by atoms with Crippen LogP contribution in [0.5, 0.6) is 0 Å². The van der Waals surface area contributed by atoms with Gasteiger partial charge in [0.15, 0.2) is 6.10 Å². The fourth-order valence-electron chi connectivity index (χ4n) is 6.41. The number of phosphoric ester groups is 1. The Morgan fingerprint density at radius 3 is 1.33 bits per heavy atom. The van der Waals surface area contributed by atoms with E-state index in [0.29, 0.717) is 19.3 Å². The van der Waals surface area contributed by atoms with Gasteiger partial charge in [0, 0.05) is 12.8 Å². The summed E-state index contributed by atoms with van der Waals surface area (Å²) in [6, 6.07) is 0. The molecule has 1 aliphatic rings. The zero-order valence-electron chi connectivity index (χ0n) is 40.1. The van der Waals surface area contributed by atoms with E-state index in [9.17, 15) is 44.6 Å². The van der Waals surface area contributed by atoms with Crippen molar-refractivity contribution >= 4 is 19.8 Å². The van der Waals surface area contributed by atoms with Gasteiger partial charge in [-0.05, 0) is 96.3 Å². The van der Waals surface area contributed by atoms with Crippen LogP contribution >= 0.6 is 7.82 Å². The maximum atomic E-state index is 12.8. The molecule has 1 rings (SSSR count). The lowest BCUT2D eigenvalue weighted by atomic mass is 9.85. The van der Waals surface area contributed by atoms with Crippen molar-refractivity contribution < 1.29 is 63.1 Å². The molecule has 0 radical (unpaired) electrons. The van der Waals surface area contributed by atoms with E-state index in [2.05, 4.69) is 117 Å². The Hall–Kier alpha value is -3.75. The Kier molecular flexibility index (Phi) is 37.7. The first kappa shape index (κ1) is 61.3. The van der Waals surface area contributed by atoms with E-state index in [4.69, 9.17) is 18.5 Å². The number of aliphatic hydroxyl groups is 5. The summed E-state index contributed by atoms with van der Waals surface area (Å²) < 4.78 is 33.5. The minimum absolute atomic E-state index is 0.0265. The molecule has 67 heavy (non-hydrogen) atoms. The van der Waals surface area contributed by atoms with Crippen LogP contribution in [0.15, 0.2) is 122 Å². The van der Waals surface area contributed by atoms with Gasteiger partial charge in [-0.25, -0.2) is 4.57 Å². The molecule has 378 valence electrons. The standard InChI is InChI=1S/C53H83O13P/c1-3-5-7-9-11-13-15-17-19-21-23-25-27-29-31-33-35-37-39-41-46(54)63-43-45(44-64-67(61,62)66-53-51(59)49(57)48(56)50(58)52(53)60)65-47(55)42-40-38-36-34-32-30-28-26-24-22-20-18-16-14-12-10-8-6-4-2/h5,7,11-14,17-20,23-26,29-32,35,37,45,48-53,56-60H,3-4,6,8-10,15-16,21-22,27-28,33-34,36,38-44H2,1-2H3,(H,61,62)/b7-5+,13-11+,14-12+,19-17+,20-18+,25-23+,26-24+,31-29+,32-30+,37-35+/t45-,48?,49-,50?,51?,52?,53?/m0/s1. The third-order valence-electron chi connectivity index (χ3n) is 10.3. The molecular weight excluding hydrogens is 876 g/mol. The van der Waals surface area contributed by atoms with Gasteiger partial charge in [-0.2, -0.15) is 0 Å². The molecule has 1 fully saturated rings. The molecule has 0 spiro atoms. The van der Waals surface area contributed by atoms with Gasteiger partial charge in [-0.3, -0.25) is 18.6 Å². The number of esters is 2. The molecule has 0 heterocycles. The minimum Gasteiger partial charge on any atom is -0.462 e. The second-order valence-corrected chi connectivity index (χ2v) is 17.6. The zero-order chi connectivity index (χ0) is 49.2. The van der Waals surface area contributed by atoms with E-state index in [-0.39, 0.29) is 12.8 Å². The average Bonchev–Trinajstić information content (AvgIpc) is 3.31. The van der Waals surface area contributed by atoms with Crippen molar-refractivity contribution in [1.82, 2.24) is 0 Å². The van der Waals surface area contributed by atoms with Crippen LogP contribution in [0.25, 0.3) is 0 Å². The van der Waals surface area contributed by atoms with Crippen molar-refractivity contribution in [2.45, 2.75) is 185 Å². The SMILES string of the molecule is CC/C=C/C/C=C/C/C=C/C/C=C/C/C=C/C/C=C/CCC(=O)OC[C@@H](COP(=O)(O)OC1C(O)C(O)C(O)[C@H](O)C1O)OC(=O)CCCCC/C=C/C/C=C/C/C=C/C/C=C/CCCCC. The van der Waals surface area contributed by atoms with Gasteiger partial charge < -0.3 is 39.9 Å². The van der Waals surface area contributed by atoms with Gasteiger partial charge in [-0.15, -0.1) is 0 Å². The summed E-state index contributed by atoms with van der Waals surface area (Å²) in [4.78, 5) is 35.7. The number of hydrogen-bond donors (Lipinski definition) is 6. The summed E-state index contributed by atoms with van der Waals surface area (Å²) in [5, 5.41) is 50.2. The molecule has 0 amide bonds. The molecule has 0 saturated heterocycles. The van der Waals surface area contributed by atoms with E-state index in [1.807, 2.05) is 18.2 Å². The number of unbranched alkanes of at least 4 members (excludes halogenated alkanes) is 6. The molecule has 6 unspecified atom stereocenters. The Labute approximate surface area is 401 Å². The summed E-state index contributed by atoms with van der Waals surface area (Å²) in [6.07, 6.45) is 45.4. The molecule has 13 nitrogen and oxygen atoms in total. The largest absolute Gasteiger partial charge is 0.472 e. The number of allylic oxidation sites excluding steroid dienone is 20. The Morgan fingerprint density at radius 1 is 0.478 bits per heavy atom. The van der Waals surface area contributed by atoms with E-state index in [0.717, 1.165) is 77.0 Å². The molecule has 8 atom stereocenters. The summed E-state index contributed by atoms with van der Waals surface area (Å²) in [6.45, 7) is 3.05. The van der Waals surface area contributed by atoms with Crippen LogP contribution in [0.2, 0.25) is 0 Å². The van der Waals surface area contributed by atoms with Crippen molar-refractivity contribution in [3.05, 3.63) is 122 Å². The van der Waals surface area contributed by atoms with Crippen molar-refractivity contribution in [3.8, 4) is 0 Å². The van der Waals surface area contributed by atoms with E-state index in [1.165, 1.54) is 19.3 Å². The van der Waals surface area contributed by atoms with Crippen LogP contribution in [-0.2, 0) is 32.7 Å². The van der Waals surface area contributed by atoms with Crippen LogP contribution in [0, 0.1) is 0 Å². The predicted octanol–water partition coefficient (Wildman–Crippen LogP) is 10.2.